The highest BCUT2D eigenvalue weighted by atomic mass is 16.8. The molecule has 0 aliphatic rings. The van der Waals surface area contributed by atoms with E-state index < -0.39 is 17.7 Å². The van der Waals surface area contributed by atoms with E-state index >= 15 is 0 Å². The zero-order valence-electron chi connectivity index (χ0n) is 22.6. The Morgan fingerprint density at radius 1 is 0.488 bits per heavy atom. The summed E-state index contributed by atoms with van der Waals surface area (Å²) in [6.07, 6.45) is 0. The van der Waals surface area contributed by atoms with Gasteiger partial charge in [-0.15, -0.1) is 0 Å². The molecule has 41 heavy (non-hydrogen) atoms. The van der Waals surface area contributed by atoms with Crippen molar-refractivity contribution in [1.82, 2.24) is 0 Å². The summed E-state index contributed by atoms with van der Waals surface area (Å²) in [6.45, 7) is 3.01. The molecular weight excluding hydrogens is 524 g/mol. The lowest BCUT2D eigenvalue weighted by Gasteiger charge is -2.30. The van der Waals surface area contributed by atoms with Gasteiger partial charge < -0.3 is 18.9 Å². The smallest absolute Gasteiger partial charge is 0.453 e. The average Bonchev–Trinajstić information content (AvgIpc) is 3.02. The summed E-state index contributed by atoms with van der Waals surface area (Å²) in [7, 11) is 0. The molecule has 4 rings (SSSR count). The van der Waals surface area contributed by atoms with Gasteiger partial charge in [0.25, 0.3) is 0 Å². The molecule has 0 atom stereocenters. The third-order valence-corrected chi connectivity index (χ3v) is 5.92. The molecule has 208 valence electrons. The van der Waals surface area contributed by atoms with Crippen molar-refractivity contribution in [1.29, 1.82) is 0 Å². The van der Waals surface area contributed by atoms with Gasteiger partial charge in [-0.05, 0) is 62.4 Å². The Kier molecular flexibility index (Phi) is 9.27. The van der Waals surface area contributed by atoms with Gasteiger partial charge in [0, 0.05) is 22.3 Å². The van der Waals surface area contributed by atoms with Crippen LogP contribution < -0.4 is 9.47 Å². The van der Waals surface area contributed by atoms with E-state index in [4.69, 9.17) is 18.9 Å². The predicted octanol–water partition coefficient (Wildman–Crippen LogP) is 5.43. The zero-order chi connectivity index (χ0) is 29.2. The van der Waals surface area contributed by atoms with Crippen molar-refractivity contribution in [3.05, 3.63) is 131 Å². The van der Waals surface area contributed by atoms with Gasteiger partial charge in [0.2, 0.25) is 0 Å². The summed E-state index contributed by atoms with van der Waals surface area (Å²) < 4.78 is 22.1. The van der Waals surface area contributed by atoms with Gasteiger partial charge in [0.15, 0.2) is 11.6 Å². The van der Waals surface area contributed by atoms with Crippen molar-refractivity contribution < 1.29 is 38.1 Å². The number of benzene rings is 4. The van der Waals surface area contributed by atoms with Crippen molar-refractivity contribution >= 4 is 23.5 Å². The molecule has 0 saturated heterocycles. The Morgan fingerprint density at radius 3 is 1.12 bits per heavy atom. The van der Waals surface area contributed by atoms with Gasteiger partial charge in [-0.3, -0.25) is 9.59 Å². The molecule has 8 nitrogen and oxygen atoms in total. The van der Waals surface area contributed by atoms with Gasteiger partial charge in [-0.2, -0.15) is 0 Å². The highest BCUT2D eigenvalue weighted by Crippen LogP contribution is 2.28. The number of ketones is 2. The van der Waals surface area contributed by atoms with Crippen LogP contribution in [0.2, 0.25) is 0 Å². The van der Waals surface area contributed by atoms with Crippen molar-refractivity contribution in [2.24, 2.45) is 0 Å². The Hall–Kier alpha value is -5.24. The lowest BCUT2D eigenvalue weighted by Crippen LogP contribution is -2.58. The second-order valence-corrected chi connectivity index (χ2v) is 8.70. The lowest BCUT2D eigenvalue weighted by atomic mass is 10.0. The van der Waals surface area contributed by atoms with E-state index in [0.717, 1.165) is 0 Å². The van der Waals surface area contributed by atoms with E-state index in [1.54, 1.807) is 62.4 Å². The summed E-state index contributed by atoms with van der Waals surface area (Å²) in [5, 5.41) is 0. The lowest BCUT2D eigenvalue weighted by molar-refractivity contribution is -0.209. The maximum Gasteiger partial charge on any atom is 0.453 e. The van der Waals surface area contributed by atoms with Crippen LogP contribution in [-0.4, -0.2) is 42.5 Å². The maximum atomic E-state index is 13.2. The minimum atomic E-state index is -2.66. The second-order valence-electron chi connectivity index (χ2n) is 8.70. The molecule has 0 saturated carbocycles. The first-order valence-electron chi connectivity index (χ1n) is 13.0. The monoisotopic (exact) mass is 552 g/mol. The molecular formula is C33H28O8. The predicted molar refractivity (Wildman–Crippen MR) is 150 cm³/mol. The molecule has 0 aromatic heterocycles. The highest BCUT2D eigenvalue weighted by molar-refractivity contribution is 6.09. The van der Waals surface area contributed by atoms with Crippen LogP contribution in [0.1, 0.15) is 45.7 Å². The Bertz CT molecular complexity index is 1380. The molecule has 0 aliphatic carbocycles. The third-order valence-electron chi connectivity index (χ3n) is 5.92. The summed E-state index contributed by atoms with van der Waals surface area (Å²) in [6, 6.07) is 29.3. The number of rotatable bonds is 12. The topological polar surface area (TPSA) is 105 Å². The molecule has 0 N–H and O–H groups in total. The fraction of sp³-hybridized carbons (Fsp3) is 0.152. The first-order valence-corrected chi connectivity index (χ1v) is 13.0. The SMILES string of the molecule is CCOC(=O)C(Oc1ccc(C(=O)c2ccccc2)cc1)(Oc1ccc(C(=O)c2ccccc2)cc1)C(=O)OCC. The molecule has 0 fully saturated rings. The van der Waals surface area contributed by atoms with Crippen molar-refractivity contribution in [3.63, 3.8) is 0 Å². The molecule has 0 spiro atoms. The Balaban J connectivity index is 1.64. The minimum Gasteiger partial charge on any atom is -0.460 e. The van der Waals surface area contributed by atoms with E-state index in [2.05, 4.69) is 0 Å². The van der Waals surface area contributed by atoms with Crippen molar-refractivity contribution in [2.45, 2.75) is 19.6 Å². The normalized spacial score (nSPS) is 10.8. The first-order chi connectivity index (χ1) is 19.9. The van der Waals surface area contributed by atoms with E-state index in [-0.39, 0.29) is 36.3 Å². The third kappa shape index (κ3) is 6.67. The van der Waals surface area contributed by atoms with Gasteiger partial charge >= 0.3 is 17.7 Å². The molecule has 0 bridgehead atoms. The summed E-state index contributed by atoms with van der Waals surface area (Å²) in [5.74, 6) is -5.25. The minimum absolute atomic E-state index is 0.0478. The van der Waals surface area contributed by atoms with E-state index in [9.17, 15) is 19.2 Å². The molecule has 4 aromatic carbocycles. The van der Waals surface area contributed by atoms with Crippen LogP contribution in [0.3, 0.4) is 0 Å². The van der Waals surface area contributed by atoms with Gasteiger partial charge in [-0.1, -0.05) is 60.7 Å². The summed E-state index contributed by atoms with van der Waals surface area (Å²) >= 11 is 0. The molecule has 0 aliphatic heterocycles. The average molecular weight is 553 g/mol. The Labute approximate surface area is 237 Å². The zero-order valence-corrected chi connectivity index (χ0v) is 22.6. The summed E-state index contributed by atoms with van der Waals surface area (Å²) in [5.41, 5.74) is 1.76. The fourth-order valence-electron chi connectivity index (χ4n) is 3.92. The standard InChI is InChI=1S/C33H28O8/c1-3-38-31(36)33(32(37)39-4-2,40-27-19-15-25(16-20-27)29(34)23-11-7-5-8-12-23)41-28-21-17-26(18-22-28)30(35)24-13-9-6-10-14-24/h5-22H,3-4H2,1-2H3. The second kappa shape index (κ2) is 13.2. The molecule has 0 unspecified atom stereocenters. The van der Waals surface area contributed by atoms with Crippen LogP contribution >= 0.6 is 0 Å². The summed E-state index contributed by atoms with van der Waals surface area (Å²) in [4.78, 5) is 52.1. The number of ether oxygens (including phenoxy) is 4. The maximum absolute atomic E-state index is 13.2. The molecule has 0 amide bonds. The van der Waals surface area contributed by atoms with Crippen LogP contribution in [-0.2, 0) is 19.1 Å². The van der Waals surface area contributed by atoms with Gasteiger partial charge in [-0.25, -0.2) is 9.59 Å². The van der Waals surface area contributed by atoms with Crippen LogP contribution in [0, 0.1) is 0 Å². The number of carbonyl (C=O) groups is 4. The molecule has 0 heterocycles. The largest absolute Gasteiger partial charge is 0.460 e. The van der Waals surface area contributed by atoms with Crippen LogP contribution in [0.5, 0.6) is 11.5 Å². The molecule has 4 aromatic rings. The van der Waals surface area contributed by atoms with E-state index in [0.29, 0.717) is 22.3 Å². The fourth-order valence-corrected chi connectivity index (χ4v) is 3.92. The molecule has 0 radical (unpaired) electrons. The van der Waals surface area contributed by atoms with Crippen molar-refractivity contribution in [3.8, 4) is 11.5 Å². The number of hydrogen-bond donors (Lipinski definition) is 0. The number of hydrogen-bond acceptors (Lipinski definition) is 8. The van der Waals surface area contributed by atoms with Crippen molar-refractivity contribution in [2.75, 3.05) is 13.2 Å². The van der Waals surface area contributed by atoms with Crippen LogP contribution in [0.15, 0.2) is 109 Å². The quantitative estimate of drug-likeness (QED) is 0.0992. The van der Waals surface area contributed by atoms with E-state index in [1.807, 2.05) is 12.1 Å². The molecule has 8 heteroatoms. The van der Waals surface area contributed by atoms with E-state index in [1.165, 1.54) is 48.5 Å². The number of esters is 2. The number of carbonyl (C=O) groups excluding carboxylic acids is 4. The van der Waals surface area contributed by atoms with Gasteiger partial charge in [0.05, 0.1) is 13.2 Å². The van der Waals surface area contributed by atoms with Crippen LogP contribution in [0.25, 0.3) is 0 Å². The Morgan fingerprint density at radius 2 is 0.805 bits per heavy atom. The first kappa shape index (κ1) is 28.8. The highest BCUT2D eigenvalue weighted by Gasteiger charge is 2.56. The van der Waals surface area contributed by atoms with Gasteiger partial charge in [0.1, 0.15) is 11.5 Å². The van der Waals surface area contributed by atoms with Crippen LogP contribution in [0.4, 0.5) is 0 Å².